The van der Waals surface area contributed by atoms with Crippen molar-refractivity contribution in [2.75, 3.05) is 47.3 Å². The van der Waals surface area contributed by atoms with Gasteiger partial charge >= 0.3 is 0 Å². The van der Waals surface area contributed by atoms with Crippen molar-refractivity contribution in [1.82, 2.24) is 0 Å². The van der Waals surface area contributed by atoms with Gasteiger partial charge in [-0.2, -0.15) is 0 Å². The minimum atomic E-state index is -1.96. The first-order valence-corrected chi connectivity index (χ1v) is 15.0. The third kappa shape index (κ3) is 6.61. The third-order valence-electron chi connectivity index (χ3n) is 9.29. The molecule has 0 spiro atoms. The van der Waals surface area contributed by atoms with Crippen LogP contribution in [0.3, 0.4) is 0 Å². The minimum absolute atomic E-state index is 0.110. The van der Waals surface area contributed by atoms with Gasteiger partial charge in [0.25, 0.3) is 0 Å². The second kappa shape index (κ2) is 13.9. The van der Waals surface area contributed by atoms with E-state index in [1.165, 1.54) is 26.4 Å². The summed E-state index contributed by atoms with van der Waals surface area (Å²) in [6.45, 7) is -2.85. The summed E-state index contributed by atoms with van der Waals surface area (Å²) >= 11 is 0. The van der Waals surface area contributed by atoms with E-state index < -0.39 is 99.2 Å². The zero-order valence-corrected chi connectivity index (χ0v) is 25.7. The minimum Gasteiger partial charge on any atom is -0.504 e. The first kappa shape index (κ1) is 35.5. The van der Waals surface area contributed by atoms with Gasteiger partial charge in [0.1, 0.15) is 36.1 Å². The summed E-state index contributed by atoms with van der Waals surface area (Å²) in [5.74, 6) is -1.79. The van der Waals surface area contributed by atoms with Crippen molar-refractivity contribution in [1.29, 1.82) is 0 Å². The van der Waals surface area contributed by atoms with Gasteiger partial charge in [-0.05, 0) is 41.0 Å². The van der Waals surface area contributed by atoms with E-state index in [9.17, 15) is 51.1 Å². The molecule has 16 heteroatoms. The predicted molar refractivity (Wildman–Crippen MR) is 157 cm³/mol. The quantitative estimate of drug-likeness (QED) is 0.118. The van der Waals surface area contributed by atoms with Crippen LogP contribution in [0.1, 0.15) is 22.6 Å². The molecule has 5 rings (SSSR count). The molecular weight excluding hydrogens is 628 g/mol. The number of benzene rings is 2. The number of aromatic hydroxyl groups is 2. The maximum Gasteiger partial charge on any atom is 0.186 e. The Balaban J connectivity index is 1.39. The van der Waals surface area contributed by atoms with E-state index in [2.05, 4.69) is 0 Å². The van der Waals surface area contributed by atoms with Gasteiger partial charge in [0.2, 0.25) is 0 Å². The number of methoxy groups -OCH3 is 2. The number of fused-ring (bicyclic) bond motifs is 1. The molecule has 3 aliphatic rings. The fourth-order valence-electron chi connectivity index (χ4n) is 6.50. The largest absolute Gasteiger partial charge is 0.504 e. The first-order chi connectivity index (χ1) is 22.3. The summed E-state index contributed by atoms with van der Waals surface area (Å²) < 4.78 is 32.7. The molecule has 2 heterocycles. The first-order valence-electron chi connectivity index (χ1n) is 15.0. The fourth-order valence-corrected chi connectivity index (χ4v) is 6.50. The number of rotatable bonds is 11. The molecule has 0 saturated carbocycles. The predicted octanol–water partition coefficient (Wildman–Crippen LogP) is -2.58. The SMILES string of the molecule is COc1cc(C2c3cc(O)c(OC)cc3CC(O)(COC3OC(COC4OCC(O)(CO)C4O)C(O)C(O)C3O)C2CO)ccc1O. The number of phenolic OH excluding ortho intramolecular Hbond substituents is 2. The van der Waals surface area contributed by atoms with Gasteiger partial charge in [-0.3, -0.25) is 0 Å². The maximum atomic E-state index is 12.1. The molecule has 47 heavy (non-hydrogen) atoms. The van der Waals surface area contributed by atoms with Gasteiger partial charge in [0.15, 0.2) is 35.6 Å². The van der Waals surface area contributed by atoms with E-state index in [0.29, 0.717) is 16.7 Å². The molecule has 2 aliphatic heterocycles. The lowest BCUT2D eigenvalue weighted by atomic mass is 9.64. The lowest BCUT2D eigenvalue weighted by Crippen LogP contribution is -2.61. The zero-order valence-electron chi connectivity index (χ0n) is 25.7. The molecule has 2 saturated heterocycles. The Bertz CT molecular complexity index is 1390. The Morgan fingerprint density at radius 3 is 2.17 bits per heavy atom. The van der Waals surface area contributed by atoms with Crippen LogP contribution in [-0.2, 0) is 25.4 Å². The molecule has 262 valence electrons. The Labute approximate surface area is 269 Å². The molecule has 0 bridgehead atoms. The van der Waals surface area contributed by atoms with Crippen LogP contribution in [0, 0.1) is 5.92 Å². The average Bonchev–Trinajstić information content (AvgIpc) is 3.35. The molecule has 16 nitrogen and oxygen atoms in total. The Hall–Kier alpha value is -2.84. The summed E-state index contributed by atoms with van der Waals surface area (Å²) in [4.78, 5) is 0. The molecule has 2 fully saturated rings. The molecule has 2 aromatic carbocycles. The lowest BCUT2D eigenvalue weighted by molar-refractivity contribution is -0.318. The van der Waals surface area contributed by atoms with E-state index in [1.54, 1.807) is 18.2 Å². The van der Waals surface area contributed by atoms with Crippen LogP contribution in [0.5, 0.6) is 23.0 Å². The lowest BCUT2D eigenvalue weighted by Gasteiger charge is -2.47. The van der Waals surface area contributed by atoms with Gasteiger partial charge in [-0.25, -0.2) is 0 Å². The van der Waals surface area contributed by atoms with Gasteiger partial charge in [-0.15, -0.1) is 0 Å². The summed E-state index contributed by atoms with van der Waals surface area (Å²) in [6, 6.07) is 7.56. The van der Waals surface area contributed by atoms with Crippen molar-refractivity contribution in [3.8, 4) is 23.0 Å². The van der Waals surface area contributed by atoms with Crippen LogP contribution in [0.25, 0.3) is 0 Å². The van der Waals surface area contributed by atoms with Crippen LogP contribution in [0.4, 0.5) is 0 Å². The average molecular weight is 671 g/mol. The van der Waals surface area contributed by atoms with Crippen molar-refractivity contribution in [2.45, 2.75) is 66.6 Å². The van der Waals surface area contributed by atoms with Gasteiger partial charge in [0, 0.05) is 24.9 Å². The maximum absolute atomic E-state index is 12.1. The zero-order chi connectivity index (χ0) is 34.3. The van der Waals surface area contributed by atoms with Crippen molar-refractivity contribution in [2.24, 2.45) is 5.92 Å². The standard InChI is InChI=1S/C31H42O16/c1-42-20-5-14(3-4-18(20)34)23-16-7-19(35)21(43-2)6-15(16)8-30(40,17(23)9-32)12-45-28-26(38)25(37)24(36)22(47-28)10-44-29-27(39)31(41,11-33)13-46-29/h3-7,17,22-29,32-41H,8-13H2,1-2H3. The van der Waals surface area contributed by atoms with Crippen molar-refractivity contribution in [3.63, 3.8) is 0 Å². The number of aliphatic hydroxyl groups excluding tert-OH is 6. The second-order valence-corrected chi connectivity index (χ2v) is 12.2. The smallest absolute Gasteiger partial charge is 0.186 e. The monoisotopic (exact) mass is 670 g/mol. The Kier molecular flexibility index (Phi) is 10.5. The Morgan fingerprint density at radius 2 is 1.53 bits per heavy atom. The van der Waals surface area contributed by atoms with E-state index in [4.69, 9.17) is 28.4 Å². The van der Waals surface area contributed by atoms with E-state index in [-0.39, 0.29) is 29.4 Å². The number of hydrogen-bond donors (Lipinski definition) is 10. The number of hydrogen-bond acceptors (Lipinski definition) is 16. The van der Waals surface area contributed by atoms with E-state index in [0.717, 1.165) is 0 Å². The molecule has 10 N–H and O–H groups in total. The number of aliphatic hydroxyl groups is 8. The van der Waals surface area contributed by atoms with Crippen LogP contribution >= 0.6 is 0 Å². The highest BCUT2D eigenvalue weighted by Gasteiger charge is 2.52. The molecule has 11 unspecified atom stereocenters. The molecule has 0 aromatic heterocycles. The molecule has 11 atom stereocenters. The second-order valence-electron chi connectivity index (χ2n) is 12.2. The molecular formula is C31H42O16. The summed E-state index contributed by atoms with van der Waals surface area (Å²) in [6.07, 6.45) is -11.3. The third-order valence-corrected chi connectivity index (χ3v) is 9.29. The van der Waals surface area contributed by atoms with Crippen molar-refractivity contribution in [3.05, 3.63) is 47.0 Å². The molecule has 0 amide bonds. The molecule has 2 aromatic rings. The van der Waals surface area contributed by atoms with Gasteiger partial charge < -0.3 is 79.5 Å². The number of ether oxygens (including phenoxy) is 6. The van der Waals surface area contributed by atoms with E-state index >= 15 is 0 Å². The Morgan fingerprint density at radius 1 is 0.830 bits per heavy atom. The van der Waals surface area contributed by atoms with Gasteiger partial charge in [0.05, 0.1) is 46.2 Å². The van der Waals surface area contributed by atoms with Gasteiger partial charge in [-0.1, -0.05) is 6.07 Å². The molecule has 1 aliphatic carbocycles. The van der Waals surface area contributed by atoms with Crippen LogP contribution in [0.2, 0.25) is 0 Å². The van der Waals surface area contributed by atoms with Crippen LogP contribution in [-0.4, -0.2) is 153 Å². The van der Waals surface area contributed by atoms with Crippen LogP contribution < -0.4 is 9.47 Å². The highest BCUT2D eigenvalue weighted by Crippen LogP contribution is 2.49. The highest BCUT2D eigenvalue weighted by atomic mass is 16.7. The summed E-state index contributed by atoms with van der Waals surface area (Å²) in [5, 5.41) is 105. The normalized spacial score (nSPS) is 37.0. The summed E-state index contributed by atoms with van der Waals surface area (Å²) in [7, 11) is 2.74. The highest BCUT2D eigenvalue weighted by molar-refractivity contribution is 5.54. The fraction of sp³-hybridized carbons (Fsp3) is 0.613. The van der Waals surface area contributed by atoms with Crippen molar-refractivity contribution < 1.29 is 79.5 Å². The topological polar surface area (TPSA) is 258 Å². The summed E-state index contributed by atoms with van der Waals surface area (Å²) in [5.41, 5.74) is -2.18. The molecule has 0 radical (unpaired) electrons. The van der Waals surface area contributed by atoms with Crippen LogP contribution in [0.15, 0.2) is 30.3 Å². The van der Waals surface area contributed by atoms with Crippen molar-refractivity contribution >= 4 is 0 Å². The number of phenols is 2. The van der Waals surface area contributed by atoms with E-state index in [1.807, 2.05) is 0 Å².